The Morgan fingerprint density at radius 1 is 0.636 bits per heavy atom. The first-order chi connectivity index (χ1) is 46.8. The van der Waals surface area contributed by atoms with Crippen LogP contribution in [0.25, 0.3) is 0 Å². The van der Waals surface area contributed by atoms with Gasteiger partial charge in [0.15, 0.2) is 0 Å². The average molecular weight is 1420 g/mol. The van der Waals surface area contributed by atoms with Crippen molar-refractivity contribution < 1.29 is 75.8 Å². The number of nitrogens with one attached hydrogen (secondary N) is 3. The lowest BCUT2D eigenvalue weighted by atomic mass is 9.81. The summed E-state index contributed by atoms with van der Waals surface area (Å²) in [7, 11) is 9.63. The molecule has 0 aromatic heterocycles. The second-order valence-corrected chi connectivity index (χ2v) is 29.1. The number of amides is 12. The minimum absolute atomic E-state index is 0.00783. The molecule has 1 aromatic rings. The first-order valence-corrected chi connectivity index (χ1v) is 36.0. The molecular weight excluding hydrogens is 1310 g/mol. The van der Waals surface area contributed by atoms with Gasteiger partial charge in [0.05, 0.1) is 43.2 Å². The fourth-order valence-corrected chi connectivity index (χ4v) is 15.7. The zero-order valence-corrected chi connectivity index (χ0v) is 60.1. The molecule has 6 aliphatic rings. The number of alkyl halides is 3. The van der Waals surface area contributed by atoms with Crippen LogP contribution in [0.4, 0.5) is 13.2 Å². The van der Waals surface area contributed by atoms with Gasteiger partial charge in [0.2, 0.25) is 70.9 Å². The van der Waals surface area contributed by atoms with E-state index in [0.717, 1.165) is 89.5 Å². The van der Waals surface area contributed by atoms with Crippen molar-refractivity contribution in [1.29, 1.82) is 0 Å². The fraction of sp³-hybridized carbons (Fsp3) is 0.743. The molecule has 3 heterocycles. The summed E-state index contributed by atoms with van der Waals surface area (Å²) in [5.74, 6) is -9.40. The molecule has 99 heavy (non-hydrogen) atoms. The molecule has 3 saturated carbocycles. The fourth-order valence-electron chi connectivity index (χ4n) is 15.3. The number of hydrogen-bond acceptors (Lipinski definition) is 13. The van der Waals surface area contributed by atoms with Crippen molar-refractivity contribution in [1.82, 2.24) is 60.0 Å². The van der Waals surface area contributed by atoms with E-state index in [1.54, 1.807) is 18.7 Å². The van der Waals surface area contributed by atoms with Gasteiger partial charge >= 0.3 is 6.18 Å². The summed E-state index contributed by atoms with van der Waals surface area (Å²) in [5.41, 5.74) is -2.37. The van der Waals surface area contributed by atoms with Crippen molar-refractivity contribution in [2.24, 2.45) is 17.8 Å². The van der Waals surface area contributed by atoms with Crippen LogP contribution in [0.3, 0.4) is 0 Å². The third-order valence-electron chi connectivity index (χ3n) is 21.8. The molecule has 1 spiro atoms. The number of halogens is 4. The van der Waals surface area contributed by atoms with Crippen molar-refractivity contribution >= 4 is 82.5 Å². The molecule has 0 bridgehead atoms. The Labute approximate surface area is 585 Å². The molecule has 3 saturated heterocycles. The van der Waals surface area contributed by atoms with Crippen LogP contribution < -0.4 is 16.0 Å². The van der Waals surface area contributed by atoms with Gasteiger partial charge in [-0.15, -0.1) is 0 Å². The number of benzene rings is 1. The molecule has 4 N–H and O–H groups in total. The Kier molecular flexibility index (Phi) is 28.4. The highest BCUT2D eigenvalue weighted by Crippen LogP contribution is 2.38. The molecule has 0 unspecified atom stereocenters. The van der Waals surface area contributed by atoms with Crippen LogP contribution in [-0.2, 0) is 70.1 Å². The van der Waals surface area contributed by atoms with Crippen LogP contribution in [0.1, 0.15) is 173 Å². The second kappa shape index (κ2) is 35.5. The van der Waals surface area contributed by atoms with Gasteiger partial charge < -0.3 is 65.2 Å². The van der Waals surface area contributed by atoms with Crippen LogP contribution in [-0.4, -0.2) is 263 Å². The summed E-state index contributed by atoms with van der Waals surface area (Å²) >= 11 is 6.15. The topological polar surface area (TPSA) is 290 Å². The summed E-state index contributed by atoms with van der Waals surface area (Å²) < 4.78 is 41.6. The molecule has 552 valence electrons. The molecule has 8 atom stereocenters. The Hall–Kier alpha value is -7.10. The number of rotatable bonds is 10. The smallest absolute Gasteiger partial charge is 0.394 e. The van der Waals surface area contributed by atoms with Gasteiger partial charge in [-0.3, -0.25) is 57.5 Å². The van der Waals surface area contributed by atoms with Gasteiger partial charge in [-0.25, -0.2) is 0 Å². The van der Waals surface area contributed by atoms with E-state index < -0.39 is 180 Å². The van der Waals surface area contributed by atoms with E-state index in [1.807, 2.05) is 0 Å². The SMILES string of the molecule is CC[C@H](C)[C@@H]1NC(=O)[C@H](CO)N(C)C(=O)C[C@@H](C(=O)N2CCCCC2)N(C)C(=O)[C@H](C2CCCCC2)N(C)C(=O)C2(CCCC2)NC(=O)[C@@H]2CCCN2C(=O)[C@H](CCc2ccc(C(F)(F)F)c(Cl)c2)NC(=O)CN(C)C(=O)[C@H](CC2CCCCC2)N(C)C(=O)CN(C)C(=O)CN(C)C1=O. The van der Waals surface area contributed by atoms with Crippen LogP contribution in [0.15, 0.2) is 18.2 Å². The van der Waals surface area contributed by atoms with Crippen molar-refractivity contribution in [3.05, 3.63) is 34.3 Å². The van der Waals surface area contributed by atoms with Crippen LogP contribution >= 0.6 is 11.6 Å². The Balaban J connectivity index is 1.28. The number of nitrogens with zero attached hydrogens (tertiary/aromatic N) is 9. The summed E-state index contributed by atoms with van der Waals surface area (Å²) in [6.45, 7) is 1.49. The Bertz CT molecular complexity index is 3080. The average Bonchev–Trinajstić information content (AvgIpc) is 1.50. The quantitative estimate of drug-likeness (QED) is 0.254. The van der Waals surface area contributed by atoms with Crippen molar-refractivity contribution in [2.75, 3.05) is 95.2 Å². The summed E-state index contributed by atoms with van der Waals surface area (Å²) in [6, 6.07) is -6.22. The van der Waals surface area contributed by atoms with Gasteiger partial charge in [0.1, 0.15) is 47.8 Å². The Morgan fingerprint density at radius 2 is 1.23 bits per heavy atom. The number of likely N-dealkylation sites (N-methyl/N-ethyl adjacent to an activating group) is 7. The molecule has 1 aromatic carbocycles. The first-order valence-electron chi connectivity index (χ1n) is 35.6. The number of aliphatic hydroxyl groups excluding tert-OH is 1. The van der Waals surface area contributed by atoms with Crippen molar-refractivity contribution in [2.45, 2.75) is 222 Å². The molecule has 29 heteroatoms. The van der Waals surface area contributed by atoms with E-state index in [2.05, 4.69) is 16.0 Å². The molecule has 12 amide bonds. The normalized spacial score (nSPS) is 27.0. The van der Waals surface area contributed by atoms with E-state index in [-0.39, 0.29) is 51.0 Å². The molecular formula is C70H106ClF3N12O13. The summed E-state index contributed by atoms with van der Waals surface area (Å²) in [4.78, 5) is 189. The number of fused-ring (bicyclic) bond motifs is 1. The lowest BCUT2D eigenvalue weighted by Gasteiger charge is -2.43. The van der Waals surface area contributed by atoms with Crippen LogP contribution in [0.2, 0.25) is 5.02 Å². The predicted octanol–water partition coefficient (Wildman–Crippen LogP) is 4.37. The summed E-state index contributed by atoms with van der Waals surface area (Å²) in [5, 5.41) is 18.8. The predicted molar refractivity (Wildman–Crippen MR) is 361 cm³/mol. The molecule has 7 rings (SSSR count). The van der Waals surface area contributed by atoms with Gasteiger partial charge in [0, 0.05) is 69.0 Å². The lowest BCUT2D eigenvalue weighted by molar-refractivity contribution is -0.157. The second-order valence-electron chi connectivity index (χ2n) is 28.7. The van der Waals surface area contributed by atoms with Gasteiger partial charge in [-0.05, 0) is 112 Å². The minimum atomic E-state index is -4.76. The number of aliphatic hydroxyl groups is 1. The highest BCUT2D eigenvalue weighted by molar-refractivity contribution is 6.31. The number of likely N-dealkylation sites (tertiary alicyclic amines) is 1. The van der Waals surface area contributed by atoms with Gasteiger partial charge in [-0.2, -0.15) is 13.2 Å². The van der Waals surface area contributed by atoms with E-state index in [9.17, 15) is 56.6 Å². The molecule has 0 radical (unpaired) electrons. The zero-order valence-electron chi connectivity index (χ0n) is 59.3. The molecule has 3 aliphatic carbocycles. The van der Waals surface area contributed by atoms with E-state index in [1.165, 1.54) is 75.0 Å². The zero-order chi connectivity index (χ0) is 72.8. The third kappa shape index (κ3) is 19.7. The number of hydrogen-bond donors (Lipinski definition) is 4. The molecule has 6 fully saturated rings. The monoisotopic (exact) mass is 1410 g/mol. The highest BCUT2D eigenvalue weighted by Gasteiger charge is 2.51. The number of piperidine rings is 1. The van der Waals surface area contributed by atoms with Gasteiger partial charge in [-0.1, -0.05) is 102 Å². The van der Waals surface area contributed by atoms with E-state index >= 15 is 19.2 Å². The van der Waals surface area contributed by atoms with Crippen molar-refractivity contribution in [3.63, 3.8) is 0 Å². The largest absolute Gasteiger partial charge is 0.417 e. The highest BCUT2D eigenvalue weighted by atomic mass is 35.5. The third-order valence-corrected chi connectivity index (χ3v) is 22.1. The minimum Gasteiger partial charge on any atom is -0.394 e. The maximum atomic E-state index is 15.7. The maximum Gasteiger partial charge on any atom is 0.417 e. The van der Waals surface area contributed by atoms with E-state index in [4.69, 9.17) is 11.6 Å². The number of aryl methyl sites for hydroxylation is 1. The van der Waals surface area contributed by atoms with E-state index in [0.29, 0.717) is 70.0 Å². The Morgan fingerprint density at radius 3 is 1.84 bits per heavy atom. The maximum absolute atomic E-state index is 15.7. The van der Waals surface area contributed by atoms with Crippen LogP contribution in [0.5, 0.6) is 0 Å². The molecule has 3 aliphatic heterocycles. The lowest BCUT2D eigenvalue weighted by Crippen LogP contribution is -2.65. The standard InChI is InChI=1S/C70H106ClF3N12O13/c1-10-44(2)59-66(97)80(5)41-57(90)78(3)42-58(91)81(6)52(38-45-23-14-11-15-24-45)64(95)79(4)40-55(88)75-50(31-29-46-28-30-48(49(71)37-46)70(72,73)74)63(94)86-36-22-27-51(86)62(93)77-69(32-18-19-33-69)68(99)84(9)60(47-25-16-12-17-26-47)67(98)83(8)53(65(96)85-34-20-13-21-35-85)39-56(89)82(7)54(43-87)61(92)76-59/h28,30,37,44-45,47,50-54,59-60,87H,10-27,29,31-36,38-43H2,1-9H3,(H,75,88)(H,76,92)(H,77,93)/t44-,50-,51-,52-,53-,54-,59-,60-/m0/s1. The van der Waals surface area contributed by atoms with Crippen LogP contribution in [0, 0.1) is 17.8 Å². The summed E-state index contributed by atoms with van der Waals surface area (Å²) in [6.07, 6.45) is 6.43. The first kappa shape index (κ1) is 79.2. The number of carbonyl (C=O) groups is 12. The molecule has 25 nitrogen and oxygen atoms in total. The number of carbonyl (C=O) groups excluding carboxylic acids is 12. The van der Waals surface area contributed by atoms with Gasteiger partial charge in [0.25, 0.3) is 0 Å². The van der Waals surface area contributed by atoms with Crippen molar-refractivity contribution in [3.8, 4) is 0 Å².